The van der Waals surface area contributed by atoms with Crippen molar-refractivity contribution < 1.29 is 4.79 Å². The Morgan fingerprint density at radius 1 is 1.26 bits per heavy atom. The van der Waals surface area contributed by atoms with Crippen LogP contribution in [0.3, 0.4) is 0 Å². The number of hydrogen-bond acceptors (Lipinski definition) is 2. The van der Waals surface area contributed by atoms with E-state index in [1.165, 1.54) is 0 Å². The van der Waals surface area contributed by atoms with Gasteiger partial charge in [-0.05, 0) is 33.6 Å². The summed E-state index contributed by atoms with van der Waals surface area (Å²) in [5.74, 6) is -0.0700. The normalized spacial score (nSPS) is 19.7. The maximum Gasteiger partial charge on any atom is 0.228 e. The number of carbonyl (C=O) groups is 1. The Balaban J connectivity index is 1.86. The number of aromatic amines is 2. The number of amides is 1. The van der Waals surface area contributed by atoms with Crippen molar-refractivity contribution in [2.75, 3.05) is 0 Å². The number of para-hydroxylation sites is 1. The third-order valence-electron chi connectivity index (χ3n) is 5.24. The Hall–Kier alpha value is -2.05. The Labute approximate surface area is 170 Å². The van der Waals surface area contributed by atoms with E-state index in [0.717, 1.165) is 33.5 Å². The van der Waals surface area contributed by atoms with Crippen molar-refractivity contribution in [3.63, 3.8) is 0 Å². The van der Waals surface area contributed by atoms with Gasteiger partial charge in [0.05, 0.1) is 17.8 Å². The van der Waals surface area contributed by atoms with Crippen molar-refractivity contribution >= 4 is 50.4 Å². The first-order valence-corrected chi connectivity index (χ1v) is 10.0. The van der Waals surface area contributed by atoms with Crippen molar-refractivity contribution in [3.8, 4) is 0 Å². The Morgan fingerprint density at radius 2 is 2.04 bits per heavy atom. The van der Waals surface area contributed by atoms with Gasteiger partial charge < -0.3 is 15.3 Å². The molecule has 1 amide bonds. The van der Waals surface area contributed by atoms with Gasteiger partial charge in [-0.1, -0.05) is 32.0 Å². The quantitative estimate of drug-likeness (QED) is 0.446. The summed E-state index contributed by atoms with van der Waals surface area (Å²) in [6.45, 7) is 4.21. The summed E-state index contributed by atoms with van der Waals surface area (Å²) in [4.78, 5) is 23.7. The van der Waals surface area contributed by atoms with Gasteiger partial charge in [0.15, 0.2) is 4.73 Å². The highest BCUT2D eigenvalue weighted by molar-refractivity contribution is 9.10. The van der Waals surface area contributed by atoms with Gasteiger partial charge in [-0.3, -0.25) is 4.79 Å². The summed E-state index contributed by atoms with van der Waals surface area (Å²) < 4.78 is 0.640. The number of H-pyrrole nitrogens is 2. The predicted molar refractivity (Wildman–Crippen MR) is 112 cm³/mol. The van der Waals surface area contributed by atoms with Crippen molar-refractivity contribution in [1.29, 1.82) is 0 Å². The van der Waals surface area contributed by atoms with E-state index in [1.807, 2.05) is 24.3 Å². The SMILES string of the molecule is CC1(C)c2[nH]c(Br)nc2C=CNC(=O)Cc2c([nH]c3ccccc23)CC1Cl. The summed E-state index contributed by atoms with van der Waals surface area (Å²) >= 11 is 10.3. The molecular formula is C20H20BrClN4O. The molecule has 27 heavy (non-hydrogen) atoms. The lowest BCUT2D eigenvalue weighted by atomic mass is 9.81. The van der Waals surface area contributed by atoms with Crippen LogP contribution in [0.1, 0.15) is 36.5 Å². The molecule has 3 N–H and O–H groups in total. The maximum atomic E-state index is 12.5. The molecule has 1 aliphatic rings. The van der Waals surface area contributed by atoms with Gasteiger partial charge in [0, 0.05) is 40.0 Å². The molecule has 3 heterocycles. The average Bonchev–Trinajstić information content (AvgIpc) is 3.15. The van der Waals surface area contributed by atoms with E-state index < -0.39 is 0 Å². The topological polar surface area (TPSA) is 73.6 Å². The van der Waals surface area contributed by atoms with Crippen LogP contribution in [0.2, 0.25) is 0 Å². The molecule has 1 atom stereocenters. The molecule has 0 radical (unpaired) electrons. The second-order valence-electron chi connectivity index (χ2n) is 7.39. The lowest BCUT2D eigenvalue weighted by Gasteiger charge is -2.30. The van der Waals surface area contributed by atoms with Crippen LogP contribution in [0, 0.1) is 0 Å². The van der Waals surface area contributed by atoms with Crippen LogP contribution in [0.15, 0.2) is 35.2 Å². The molecule has 0 saturated heterocycles. The van der Waals surface area contributed by atoms with Crippen LogP contribution in [-0.2, 0) is 23.1 Å². The molecule has 0 bridgehead atoms. The number of halogens is 2. The molecule has 4 rings (SSSR count). The van der Waals surface area contributed by atoms with Crippen LogP contribution in [-0.4, -0.2) is 26.2 Å². The average molecular weight is 448 g/mol. The highest BCUT2D eigenvalue weighted by Gasteiger charge is 2.35. The van der Waals surface area contributed by atoms with Gasteiger partial charge in [-0.25, -0.2) is 4.98 Å². The van der Waals surface area contributed by atoms with Crippen molar-refractivity contribution in [1.82, 2.24) is 20.3 Å². The van der Waals surface area contributed by atoms with Gasteiger partial charge in [0.1, 0.15) is 0 Å². The summed E-state index contributed by atoms with van der Waals surface area (Å²) in [6.07, 6.45) is 4.36. The molecule has 0 saturated carbocycles. The molecule has 1 aromatic carbocycles. The van der Waals surface area contributed by atoms with Crippen LogP contribution in [0.5, 0.6) is 0 Å². The highest BCUT2D eigenvalue weighted by atomic mass is 79.9. The molecule has 140 valence electrons. The van der Waals surface area contributed by atoms with Gasteiger partial charge in [0.25, 0.3) is 0 Å². The molecule has 7 heteroatoms. The lowest BCUT2D eigenvalue weighted by Crippen LogP contribution is -2.33. The Morgan fingerprint density at radius 3 is 2.85 bits per heavy atom. The zero-order valence-corrected chi connectivity index (χ0v) is 17.4. The monoisotopic (exact) mass is 446 g/mol. The van der Waals surface area contributed by atoms with E-state index >= 15 is 0 Å². The number of nitrogens with one attached hydrogen (secondary N) is 3. The van der Waals surface area contributed by atoms with E-state index in [2.05, 4.69) is 50.0 Å². The predicted octanol–water partition coefficient (Wildman–Crippen LogP) is 4.42. The standard InChI is InChI=1S/C20H20BrClN4O/c1-20(2)16(22)10-15-12(11-5-3-4-6-13(11)24-15)9-17(27)23-8-7-14-18(20)26-19(21)25-14/h3-8,16,24H,9-10H2,1-2H3,(H,23,27)(H,25,26). The first kappa shape index (κ1) is 18.3. The molecular weight excluding hydrogens is 428 g/mol. The summed E-state index contributed by atoms with van der Waals surface area (Å²) in [7, 11) is 0. The number of fused-ring (bicyclic) bond motifs is 4. The van der Waals surface area contributed by atoms with Crippen molar-refractivity contribution in [2.45, 2.75) is 37.5 Å². The van der Waals surface area contributed by atoms with Crippen LogP contribution in [0.25, 0.3) is 17.0 Å². The highest BCUT2D eigenvalue weighted by Crippen LogP contribution is 2.36. The number of benzene rings is 1. The summed E-state index contributed by atoms with van der Waals surface area (Å²) in [5, 5.41) is 3.71. The Bertz CT molecular complexity index is 1050. The van der Waals surface area contributed by atoms with E-state index in [1.54, 1.807) is 12.3 Å². The van der Waals surface area contributed by atoms with Crippen LogP contribution >= 0.6 is 27.5 Å². The number of hydrogen-bond donors (Lipinski definition) is 3. The Kier molecular flexibility index (Phi) is 4.64. The molecule has 5 nitrogen and oxygen atoms in total. The van der Waals surface area contributed by atoms with Crippen LogP contribution in [0.4, 0.5) is 0 Å². The van der Waals surface area contributed by atoms with Crippen molar-refractivity contribution in [2.24, 2.45) is 0 Å². The molecule has 2 aromatic heterocycles. The molecule has 3 aromatic rings. The second kappa shape index (κ2) is 6.84. The number of rotatable bonds is 0. The third kappa shape index (κ3) is 3.32. The second-order valence-corrected chi connectivity index (χ2v) is 8.66. The molecule has 1 unspecified atom stereocenters. The third-order valence-corrected chi connectivity index (χ3v) is 6.31. The fourth-order valence-corrected chi connectivity index (χ4v) is 4.27. The minimum atomic E-state index is -0.363. The van der Waals surface area contributed by atoms with Gasteiger partial charge in [-0.2, -0.15) is 0 Å². The van der Waals surface area contributed by atoms with Crippen molar-refractivity contribution in [3.05, 3.63) is 57.8 Å². The zero-order valence-electron chi connectivity index (χ0n) is 15.1. The minimum absolute atomic E-state index is 0.0700. The number of nitrogens with zero attached hydrogens (tertiary/aromatic N) is 1. The first-order chi connectivity index (χ1) is 12.9. The first-order valence-electron chi connectivity index (χ1n) is 8.80. The van der Waals surface area contributed by atoms with E-state index in [9.17, 15) is 4.79 Å². The fraction of sp³-hybridized carbons (Fsp3) is 0.300. The lowest BCUT2D eigenvalue weighted by molar-refractivity contribution is -0.119. The number of aromatic nitrogens is 3. The van der Waals surface area contributed by atoms with E-state index in [4.69, 9.17) is 11.6 Å². The summed E-state index contributed by atoms with van der Waals surface area (Å²) in [5.41, 5.74) is 4.35. The molecule has 0 aliphatic carbocycles. The maximum absolute atomic E-state index is 12.5. The molecule has 1 aliphatic heterocycles. The van der Waals surface area contributed by atoms with E-state index in [-0.39, 0.29) is 16.7 Å². The largest absolute Gasteiger partial charge is 0.358 e. The summed E-state index contributed by atoms with van der Waals surface area (Å²) in [6, 6.07) is 8.04. The van der Waals surface area contributed by atoms with Gasteiger partial charge >= 0.3 is 0 Å². The van der Waals surface area contributed by atoms with Crippen LogP contribution < -0.4 is 5.32 Å². The van der Waals surface area contributed by atoms with E-state index in [0.29, 0.717) is 17.6 Å². The smallest absolute Gasteiger partial charge is 0.228 e. The zero-order chi connectivity index (χ0) is 19.2. The number of carbonyl (C=O) groups excluding carboxylic acids is 1. The minimum Gasteiger partial charge on any atom is -0.358 e. The number of alkyl halides is 1. The van der Waals surface area contributed by atoms with Gasteiger partial charge in [-0.15, -0.1) is 11.6 Å². The molecule has 0 fully saturated rings. The number of imidazole rings is 1. The fourth-order valence-electron chi connectivity index (χ4n) is 3.62. The van der Waals surface area contributed by atoms with Gasteiger partial charge in [0.2, 0.25) is 5.91 Å². The molecule has 0 spiro atoms.